The van der Waals surface area contributed by atoms with Crippen LogP contribution in [0.1, 0.15) is 40.7 Å². The Balaban J connectivity index is 1.69. The summed E-state index contributed by atoms with van der Waals surface area (Å²) in [6.45, 7) is 3.88. The van der Waals surface area contributed by atoms with E-state index >= 15 is 0 Å². The van der Waals surface area contributed by atoms with Gasteiger partial charge < -0.3 is 5.32 Å². The predicted molar refractivity (Wildman–Crippen MR) is 110 cm³/mol. The number of H-pyrrole nitrogens is 1. The van der Waals surface area contributed by atoms with Crippen LogP contribution >= 0.6 is 11.8 Å². The van der Waals surface area contributed by atoms with E-state index in [0.717, 1.165) is 46.9 Å². The highest BCUT2D eigenvalue weighted by atomic mass is 32.2. The van der Waals surface area contributed by atoms with Gasteiger partial charge in [-0.3, -0.25) is 14.6 Å². The van der Waals surface area contributed by atoms with E-state index in [4.69, 9.17) is 0 Å². The summed E-state index contributed by atoms with van der Waals surface area (Å²) >= 11 is 1.62. The van der Waals surface area contributed by atoms with E-state index in [1.807, 2.05) is 32.0 Å². The van der Waals surface area contributed by atoms with Crippen molar-refractivity contribution in [2.24, 2.45) is 0 Å². The third kappa shape index (κ3) is 3.47. The monoisotopic (exact) mass is 395 g/mol. The molecule has 0 saturated carbocycles. The van der Waals surface area contributed by atoms with Crippen LogP contribution in [0.2, 0.25) is 0 Å². The minimum Gasteiger partial charge on any atom is -0.306 e. The van der Waals surface area contributed by atoms with Crippen molar-refractivity contribution in [2.75, 3.05) is 11.1 Å². The molecule has 0 atom stereocenters. The number of rotatable bonds is 5. The molecule has 2 aromatic heterocycles. The number of aromatic nitrogens is 4. The summed E-state index contributed by atoms with van der Waals surface area (Å²) in [5, 5.41) is 7.34. The van der Waals surface area contributed by atoms with Gasteiger partial charge in [-0.1, -0.05) is 19.1 Å². The van der Waals surface area contributed by atoms with Crippen molar-refractivity contribution in [2.45, 2.75) is 38.0 Å². The van der Waals surface area contributed by atoms with Crippen LogP contribution in [-0.2, 0) is 12.8 Å². The Hall–Kier alpha value is -2.87. The second-order valence-corrected chi connectivity index (χ2v) is 7.94. The topological polar surface area (TPSA) is 92.7 Å². The van der Waals surface area contributed by atoms with Crippen molar-refractivity contribution in [3.05, 3.63) is 63.2 Å². The molecule has 28 heavy (non-hydrogen) atoms. The Morgan fingerprint density at radius 2 is 2.14 bits per heavy atom. The molecule has 1 aliphatic rings. The van der Waals surface area contributed by atoms with E-state index in [1.54, 1.807) is 23.9 Å². The average molecular weight is 395 g/mol. The number of hydrogen-bond acceptors (Lipinski definition) is 5. The molecule has 0 aliphatic heterocycles. The number of carbonyl (C=O) groups excluding carboxylic acids is 1. The van der Waals surface area contributed by atoms with Gasteiger partial charge in [-0.15, -0.1) is 11.8 Å². The molecule has 8 heteroatoms. The molecule has 0 spiro atoms. The Bertz CT molecular complexity index is 1100. The fraction of sp³-hybridized carbons (Fsp3) is 0.300. The van der Waals surface area contributed by atoms with E-state index in [2.05, 4.69) is 20.4 Å². The highest BCUT2D eigenvalue weighted by Gasteiger charge is 2.20. The second kappa shape index (κ2) is 7.63. The lowest BCUT2D eigenvalue weighted by Gasteiger charge is -2.11. The Morgan fingerprint density at radius 3 is 2.96 bits per heavy atom. The maximum atomic E-state index is 12.9. The SMILES string of the molecule is CCSc1ccccc1C(=O)Nc1cc(C)nn1-c1nc2c(c(=O)[nH]1)CCC2. The fourth-order valence-corrected chi connectivity index (χ4v) is 4.20. The van der Waals surface area contributed by atoms with Crippen molar-refractivity contribution < 1.29 is 4.79 Å². The zero-order valence-corrected chi connectivity index (χ0v) is 16.6. The van der Waals surface area contributed by atoms with E-state index < -0.39 is 0 Å². The Morgan fingerprint density at radius 1 is 1.32 bits per heavy atom. The second-order valence-electron chi connectivity index (χ2n) is 6.63. The summed E-state index contributed by atoms with van der Waals surface area (Å²) < 4.78 is 1.49. The molecule has 0 unspecified atom stereocenters. The molecule has 0 saturated heterocycles. The van der Waals surface area contributed by atoms with Gasteiger partial charge in [0.15, 0.2) is 0 Å². The summed E-state index contributed by atoms with van der Waals surface area (Å²) in [4.78, 5) is 33.6. The van der Waals surface area contributed by atoms with Crippen molar-refractivity contribution >= 4 is 23.5 Å². The van der Waals surface area contributed by atoms with Crippen LogP contribution in [0.25, 0.3) is 5.95 Å². The minimum atomic E-state index is -0.221. The van der Waals surface area contributed by atoms with Gasteiger partial charge in [0.2, 0.25) is 5.95 Å². The molecule has 0 bridgehead atoms. The molecule has 1 amide bonds. The molecule has 2 heterocycles. The number of hydrogen-bond donors (Lipinski definition) is 2. The summed E-state index contributed by atoms with van der Waals surface area (Å²) in [7, 11) is 0. The summed E-state index contributed by atoms with van der Waals surface area (Å²) in [5.74, 6) is 1.45. The first kappa shape index (κ1) is 18.5. The van der Waals surface area contributed by atoms with Crippen molar-refractivity contribution in [1.82, 2.24) is 19.7 Å². The van der Waals surface area contributed by atoms with Crippen LogP contribution in [0, 0.1) is 6.92 Å². The van der Waals surface area contributed by atoms with Gasteiger partial charge in [0.05, 0.1) is 17.0 Å². The molecular weight excluding hydrogens is 374 g/mol. The molecule has 3 aromatic rings. The lowest BCUT2D eigenvalue weighted by molar-refractivity contribution is 0.102. The predicted octanol–water partition coefficient (Wildman–Crippen LogP) is 3.12. The largest absolute Gasteiger partial charge is 0.306 e. The fourth-order valence-electron chi connectivity index (χ4n) is 3.40. The molecule has 7 nitrogen and oxygen atoms in total. The number of carbonyl (C=O) groups is 1. The number of aromatic amines is 1. The first-order valence-corrected chi connectivity index (χ1v) is 10.3. The van der Waals surface area contributed by atoms with E-state index in [0.29, 0.717) is 17.3 Å². The molecule has 144 valence electrons. The number of aryl methyl sites for hydroxylation is 2. The average Bonchev–Trinajstić information content (AvgIpc) is 3.29. The van der Waals surface area contributed by atoms with Crippen LogP contribution < -0.4 is 10.9 Å². The molecule has 2 N–H and O–H groups in total. The highest BCUT2D eigenvalue weighted by Crippen LogP contribution is 2.24. The third-order valence-electron chi connectivity index (χ3n) is 4.63. The van der Waals surface area contributed by atoms with Gasteiger partial charge >= 0.3 is 0 Å². The normalized spacial score (nSPS) is 12.8. The van der Waals surface area contributed by atoms with E-state index in [-0.39, 0.29) is 11.5 Å². The molecule has 1 aromatic carbocycles. The number of fused-ring (bicyclic) bond motifs is 1. The summed E-state index contributed by atoms with van der Waals surface area (Å²) in [5.41, 5.74) is 2.76. The highest BCUT2D eigenvalue weighted by molar-refractivity contribution is 7.99. The van der Waals surface area contributed by atoms with Gasteiger partial charge in [0.1, 0.15) is 5.82 Å². The Kier molecular flexibility index (Phi) is 5.04. The number of benzene rings is 1. The molecule has 0 radical (unpaired) electrons. The zero-order valence-electron chi connectivity index (χ0n) is 15.8. The van der Waals surface area contributed by atoms with Gasteiger partial charge in [-0.2, -0.15) is 9.78 Å². The first-order valence-electron chi connectivity index (χ1n) is 9.29. The quantitative estimate of drug-likeness (QED) is 0.648. The van der Waals surface area contributed by atoms with Crippen molar-refractivity contribution in [3.8, 4) is 5.95 Å². The van der Waals surface area contributed by atoms with Crippen LogP contribution in [0.15, 0.2) is 40.0 Å². The smallest absolute Gasteiger partial charge is 0.257 e. The zero-order chi connectivity index (χ0) is 19.7. The van der Waals surface area contributed by atoms with Gasteiger partial charge in [-0.25, -0.2) is 4.98 Å². The van der Waals surface area contributed by atoms with Gasteiger partial charge in [0, 0.05) is 16.5 Å². The van der Waals surface area contributed by atoms with Crippen LogP contribution in [0.5, 0.6) is 0 Å². The Labute approximate surface area is 166 Å². The van der Waals surface area contributed by atoms with Gasteiger partial charge in [0.25, 0.3) is 11.5 Å². The molecule has 1 aliphatic carbocycles. The van der Waals surface area contributed by atoms with Crippen molar-refractivity contribution in [3.63, 3.8) is 0 Å². The van der Waals surface area contributed by atoms with Crippen LogP contribution in [-0.4, -0.2) is 31.4 Å². The third-order valence-corrected chi connectivity index (χ3v) is 5.59. The minimum absolute atomic E-state index is 0.132. The van der Waals surface area contributed by atoms with E-state index in [1.165, 1.54) is 4.68 Å². The van der Waals surface area contributed by atoms with Crippen LogP contribution in [0.4, 0.5) is 5.82 Å². The maximum absolute atomic E-state index is 12.9. The lowest BCUT2D eigenvalue weighted by Crippen LogP contribution is -2.21. The summed E-state index contributed by atoms with van der Waals surface area (Å²) in [6.07, 6.45) is 2.48. The summed E-state index contributed by atoms with van der Waals surface area (Å²) in [6, 6.07) is 9.27. The lowest BCUT2D eigenvalue weighted by atomic mass is 10.2. The first-order chi connectivity index (χ1) is 13.6. The molecular formula is C20H21N5O2S. The number of nitrogens with one attached hydrogen (secondary N) is 2. The molecule has 0 fully saturated rings. The van der Waals surface area contributed by atoms with Crippen molar-refractivity contribution in [1.29, 1.82) is 0 Å². The molecule has 4 rings (SSSR count). The standard InChI is InChI=1S/C20H21N5O2S/c1-3-28-16-10-5-4-7-14(16)19(27)22-17-11-12(2)24-25(17)20-21-15-9-6-8-13(15)18(26)23-20/h4-5,7,10-11H,3,6,8-9H2,1-2H3,(H,22,27)(H,21,23,26). The van der Waals surface area contributed by atoms with Gasteiger partial charge in [-0.05, 0) is 44.1 Å². The maximum Gasteiger partial charge on any atom is 0.257 e. The number of thioether (sulfide) groups is 1. The number of nitrogens with zero attached hydrogens (tertiary/aromatic N) is 3. The number of anilines is 1. The van der Waals surface area contributed by atoms with E-state index in [9.17, 15) is 9.59 Å². The number of amides is 1. The van der Waals surface area contributed by atoms with Crippen LogP contribution in [0.3, 0.4) is 0 Å².